The van der Waals surface area contributed by atoms with Gasteiger partial charge < -0.3 is 14.6 Å². The van der Waals surface area contributed by atoms with Gasteiger partial charge in [0.05, 0.1) is 24.4 Å². The van der Waals surface area contributed by atoms with E-state index in [-0.39, 0.29) is 24.4 Å². The molecule has 1 N–H and O–H groups in total. The Balaban J connectivity index is 2.03. The van der Waals surface area contributed by atoms with Crippen molar-refractivity contribution in [3.05, 3.63) is 12.2 Å². The van der Waals surface area contributed by atoms with Gasteiger partial charge in [-0.2, -0.15) is 0 Å². The molecule has 0 amide bonds. The average Bonchev–Trinajstić information content (AvgIpc) is 2.85. The summed E-state index contributed by atoms with van der Waals surface area (Å²) in [6.07, 6.45) is 7.18. The molecule has 6 atom stereocenters. The summed E-state index contributed by atoms with van der Waals surface area (Å²) in [7, 11) is -1.48. The Bertz CT molecular complexity index is 477. The Morgan fingerprint density at radius 2 is 1.83 bits per heavy atom. The lowest BCUT2D eigenvalue weighted by Crippen LogP contribution is -2.34. The quantitative estimate of drug-likeness (QED) is 0.340. The topological polar surface area (TPSA) is 38.7 Å². The van der Waals surface area contributed by atoms with Gasteiger partial charge in [-0.05, 0) is 19.3 Å². The Kier molecular flexibility index (Phi) is 6.94. The van der Waals surface area contributed by atoms with Gasteiger partial charge in [0.2, 0.25) is 0 Å². The predicted octanol–water partition coefficient (Wildman–Crippen LogP) is 3.66. The standard InChI is InChI=1S/C18H29BrO3Si/c1-5-13(19)15-8-6-7-9-16-18(21-15)12-17(22-16)14(20)10-11-23(2,3)4/h6-7,13-18,20H,5,8-9,12H2,1-4H3/b7-6-/t13-,14+,15+,16-,17-,18-/m0/s1. The third-order valence-electron chi connectivity index (χ3n) is 4.22. The summed E-state index contributed by atoms with van der Waals surface area (Å²) in [5.74, 6) is 3.01. The number of fused-ring (bicyclic) bond motifs is 1. The number of rotatable bonds is 3. The highest BCUT2D eigenvalue weighted by molar-refractivity contribution is 9.09. The smallest absolute Gasteiger partial charge is 0.140 e. The van der Waals surface area contributed by atoms with E-state index in [0.29, 0.717) is 4.83 Å². The van der Waals surface area contributed by atoms with Gasteiger partial charge in [0, 0.05) is 11.2 Å². The van der Waals surface area contributed by atoms with Crippen LogP contribution in [0, 0.1) is 11.5 Å². The molecule has 0 saturated carbocycles. The second kappa shape index (κ2) is 8.31. The lowest BCUT2D eigenvalue weighted by molar-refractivity contribution is -0.0644. The second-order valence-corrected chi connectivity index (χ2v) is 13.4. The van der Waals surface area contributed by atoms with Crippen molar-refractivity contribution in [1.82, 2.24) is 0 Å². The fraction of sp³-hybridized carbons (Fsp3) is 0.778. The lowest BCUT2D eigenvalue weighted by Gasteiger charge is -2.28. The maximum atomic E-state index is 10.4. The van der Waals surface area contributed by atoms with Crippen molar-refractivity contribution in [1.29, 1.82) is 0 Å². The number of hydrogen-bond donors (Lipinski definition) is 1. The molecule has 0 aromatic heterocycles. The number of alkyl halides is 1. The largest absolute Gasteiger partial charge is 0.378 e. The van der Waals surface area contributed by atoms with Gasteiger partial charge in [-0.25, -0.2) is 0 Å². The molecular formula is C18H29BrO3Si. The van der Waals surface area contributed by atoms with Gasteiger partial charge in [-0.15, -0.1) is 5.54 Å². The zero-order valence-corrected chi connectivity index (χ0v) is 17.2. The van der Waals surface area contributed by atoms with Crippen LogP contribution in [-0.2, 0) is 9.47 Å². The molecular weight excluding hydrogens is 372 g/mol. The minimum Gasteiger partial charge on any atom is -0.378 e. The highest BCUT2D eigenvalue weighted by Gasteiger charge is 2.40. The summed E-state index contributed by atoms with van der Waals surface area (Å²) >= 11 is 3.72. The van der Waals surface area contributed by atoms with Crippen LogP contribution in [-0.4, -0.2) is 48.5 Å². The Morgan fingerprint density at radius 3 is 2.48 bits per heavy atom. The van der Waals surface area contributed by atoms with E-state index in [2.05, 4.69) is 66.1 Å². The van der Waals surface area contributed by atoms with Gasteiger partial charge >= 0.3 is 0 Å². The van der Waals surface area contributed by atoms with Crippen LogP contribution in [0.1, 0.15) is 32.6 Å². The van der Waals surface area contributed by atoms with Crippen molar-refractivity contribution in [2.75, 3.05) is 0 Å². The van der Waals surface area contributed by atoms with E-state index in [1.54, 1.807) is 0 Å². The first-order valence-corrected chi connectivity index (χ1v) is 13.0. The number of aliphatic hydroxyl groups excluding tert-OH is 1. The molecule has 0 bridgehead atoms. The molecule has 23 heavy (non-hydrogen) atoms. The van der Waals surface area contributed by atoms with Crippen LogP contribution in [0.3, 0.4) is 0 Å². The molecule has 2 aliphatic rings. The normalized spacial score (nSPS) is 35.2. The van der Waals surface area contributed by atoms with Crippen LogP contribution in [0.4, 0.5) is 0 Å². The van der Waals surface area contributed by atoms with Crippen LogP contribution in [0.2, 0.25) is 19.6 Å². The van der Waals surface area contributed by atoms with Gasteiger partial charge in [0.25, 0.3) is 0 Å². The van der Waals surface area contributed by atoms with Crippen LogP contribution in [0.25, 0.3) is 0 Å². The molecule has 1 fully saturated rings. The van der Waals surface area contributed by atoms with E-state index < -0.39 is 14.2 Å². The maximum Gasteiger partial charge on any atom is 0.140 e. The molecule has 0 aromatic carbocycles. The Morgan fingerprint density at radius 1 is 1.17 bits per heavy atom. The fourth-order valence-electron chi connectivity index (χ4n) is 2.92. The molecule has 2 rings (SSSR count). The third-order valence-corrected chi connectivity index (χ3v) is 6.35. The number of hydrogen-bond acceptors (Lipinski definition) is 3. The SMILES string of the molecule is CC[C@H](Br)[C@H]1C/C=C\C[C@@H]2O[C@H]([C@H](O)C#C[Si](C)(C)C)C[C@@H]2O1. The van der Waals surface area contributed by atoms with Gasteiger partial charge in [0.15, 0.2) is 0 Å². The summed E-state index contributed by atoms with van der Waals surface area (Å²) < 4.78 is 12.4. The number of halogens is 1. The van der Waals surface area contributed by atoms with Crippen LogP contribution >= 0.6 is 15.9 Å². The minimum absolute atomic E-state index is 0.0268. The fourth-order valence-corrected chi connectivity index (χ4v) is 3.84. The Hall–Kier alpha value is -0.123. The molecule has 0 spiro atoms. The third kappa shape index (κ3) is 5.72. The van der Waals surface area contributed by atoms with Crippen LogP contribution in [0.15, 0.2) is 12.2 Å². The molecule has 3 nitrogen and oxygen atoms in total. The minimum atomic E-state index is -1.48. The molecule has 0 unspecified atom stereocenters. The van der Waals surface area contributed by atoms with E-state index in [9.17, 15) is 5.11 Å². The van der Waals surface area contributed by atoms with Crippen molar-refractivity contribution < 1.29 is 14.6 Å². The van der Waals surface area contributed by atoms with Gasteiger partial charge in [-0.3, -0.25) is 0 Å². The molecule has 0 radical (unpaired) electrons. The molecule has 5 heteroatoms. The summed E-state index contributed by atoms with van der Waals surface area (Å²) in [5.41, 5.74) is 3.24. The predicted molar refractivity (Wildman–Crippen MR) is 100 cm³/mol. The van der Waals surface area contributed by atoms with Gasteiger partial charge in [-0.1, -0.05) is 60.6 Å². The summed E-state index contributed by atoms with van der Waals surface area (Å²) in [4.78, 5) is 0.349. The van der Waals surface area contributed by atoms with Gasteiger partial charge in [0.1, 0.15) is 14.2 Å². The van der Waals surface area contributed by atoms with E-state index in [1.807, 2.05) is 0 Å². The van der Waals surface area contributed by atoms with Crippen molar-refractivity contribution in [3.63, 3.8) is 0 Å². The average molecular weight is 401 g/mol. The summed E-state index contributed by atoms with van der Waals surface area (Å²) in [6, 6.07) is 0. The highest BCUT2D eigenvalue weighted by atomic mass is 79.9. The first-order chi connectivity index (χ1) is 10.8. The van der Waals surface area contributed by atoms with E-state index in [0.717, 1.165) is 25.7 Å². The highest BCUT2D eigenvalue weighted by Crippen LogP contribution is 2.32. The number of ether oxygens (including phenoxy) is 2. The zero-order valence-electron chi connectivity index (χ0n) is 14.6. The van der Waals surface area contributed by atoms with Crippen LogP contribution in [0.5, 0.6) is 0 Å². The van der Waals surface area contributed by atoms with E-state index >= 15 is 0 Å². The van der Waals surface area contributed by atoms with Crippen molar-refractivity contribution in [2.24, 2.45) is 0 Å². The van der Waals surface area contributed by atoms with Crippen molar-refractivity contribution in [2.45, 2.75) is 87.6 Å². The number of aliphatic hydroxyl groups is 1. The van der Waals surface area contributed by atoms with Crippen LogP contribution < -0.4 is 0 Å². The first kappa shape index (κ1) is 19.2. The monoisotopic (exact) mass is 400 g/mol. The van der Waals surface area contributed by atoms with Crippen molar-refractivity contribution in [3.8, 4) is 11.5 Å². The molecule has 1 saturated heterocycles. The summed E-state index contributed by atoms with van der Waals surface area (Å²) in [5, 5.41) is 10.4. The Labute approximate surface area is 150 Å². The van der Waals surface area contributed by atoms with Crippen molar-refractivity contribution >= 4 is 24.0 Å². The van der Waals surface area contributed by atoms with E-state index in [4.69, 9.17) is 9.47 Å². The second-order valence-electron chi connectivity index (χ2n) is 7.49. The lowest BCUT2D eigenvalue weighted by atomic mass is 10.0. The van der Waals surface area contributed by atoms with E-state index in [1.165, 1.54) is 0 Å². The summed E-state index contributed by atoms with van der Waals surface area (Å²) in [6.45, 7) is 8.69. The first-order valence-electron chi connectivity index (χ1n) is 8.61. The zero-order chi connectivity index (χ0) is 17.0. The molecule has 130 valence electrons. The molecule has 2 heterocycles. The molecule has 0 aromatic rings. The maximum absolute atomic E-state index is 10.4. The molecule has 2 aliphatic heterocycles. The molecule has 0 aliphatic carbocycles.